The molecule has 3 aromatic rings. The molecule has 1 fully saturated rings. The Hall–Kier alpha value is -3.37. The van der Waals surface area contributed by atoms with E-state index >= 15 is 0 Å². The number of aromatic nitrogens is 5. The third-order valence-corrected chi connectivity index (χ3v) is 5.28. The molecule has 1 aliphatic carbocycles. The fourth-order valence-electron chi connectivity index (χ4n) is 3.48. The molecular weight excluding hydrogens is 428 g/mol. The first-order valence-electron chi connectivity index (χ1n) is 10.0. The van der Waals surface area contributed by atoms with E-state index in [1.165, 1.54) is 28.9 Å². The monoisotopic (exact) mass is 448 g/mol. The summed E-state index contributed by atoms with van der Waals surface area (Å²) in [7, 11) is 0. The Kier molecular flexibility index (Phi) is 5.66. The highest BCUT2D eigenvalue weighted by Gasteiger charge is 2.35. The smallest absolute Gasteiger partial charge is 0.328 e. The molecule has 2 heterocycles. The molecule has 0 saturated heterocycles. The Labute approximate surface area is 181 Å². The number of alkyl halides is 3. The lowest BCUT2D eigenvalue weighted by Gasteiger charge is -2.29. The van der Waals surface area contributed by atoms with E-state index in [2.05, 4.69) is 20.1 Å². The zero-order valence-electron chi connectivity index (χ0n) is 17.3. The predicted molar refractivity (Wildman–Crippen MR) is 105 cm³/mol. The highest BCUT2D eigenvalue weighted by atomic mass is 19.4. The second-order valence-electron chi connectivity index (χ2n) is 7.89. The van der Waals surface area contributed by atoms with Gasteiger partial charge in [0.25, 0.3) is 11.9 Å². The van der Waals surface area contributed by atoms with Crippen LogP contribution < -0.4 is 0 Å². The van der Waals surface area contributed by atoms with E-state index in [1.54, 1.807) is 6.92 Å². The number of carbonyl (C=O) groups is 1. The molecule has 0 spiro atoms. The minimum atomic E-state index is -4.56. The zero-order chi connectivity index (χ0) is 23.0. The summed E-state index contributed by atoms with van der Waals surface area (Å²) in [5.74, 6) is -0.498. The van der Waals surface area contributed by atoms with Crippen molar-refractivity contribution in [2.24, 2.45) is 5.92 Å². The SMILES string of the molecule is Cc1cc(C(=O)N(CC2CC2)[C@@H](C)c2ncnn2-c2ncc(F)cn2)cc(C(F)(F)F)c1. The van der Waals surface area contributed by atoms with Crippen LogP contribution in [0.5, 0.6) is 0 Å². The minimum absolute atomic E-state index is 0.0473. The lowest BCUT2D eigenvalue weighted by atomic mass is 10.0. The number of aryl methyl sites for hydroxylation is 1. The van der Waals surface area contributed by atoms with E-state index < -0.39 is 29.5 Å². The first-order valence-corrected chi connectivity index (χ1v) is 10.0. The number of halogens is 4. The van der Waals surface area contributed by atoms with Gasteiger partial charge in [0.1, 0.15) is 6.33 Å². The van der Waals surface area contributed by atoms with Crippen LogP contribution in [0.15, 0.2) is 36.9 Å². The summed E-state index contributed by atoms with van der Waals surface area (Å²) in [5.41, 5.74) is -0.582. The fourth-order valence-corrected chi connectivity index (χ4v) is 3.48. The maximum Gasteiger partial charge on any atom is 0.416 e. The van der Waals surface area contributed by atoms with Crippen LogP contribution in [0.4, 0.5) is 17.6 Å². The van der Waals surface area contributed by atoms with Crippen LogP contribution in [-0.2, 0) is 6.18 Å². The van der Waals surface area contributed by atoms with Crippen LogP contribution in [0.2, 0.25) is 0 Å². The third kappa shape index (κ3) is 4.61. The Morgan fingerprint density at radius 1 is 1.19 bits per heavy atom. The van der Waals surface area contributed by atoms with Crippen LogP contribution >= 0.6 is 0 Å². The first kappa shape index (κ1) is 21.8. The molecule has 1 saturated carbocycles. The van der Waals surface area contributed by atoms with Crippen LogP contribution in [0.1, 0.15) is 53.1 Å². The standard InChI is InChI=1S/C21H20F4N6O/c1-12-5-15(7-16(6-12)21(23,24)25)19(32)30(10-14-3-4-14)13(2)18-28-11-29-31(18)20-26-8-17(22)9-27-20/h5-9,11,13-14H,3-4,10H2,1-2H3/t13-/m0/s1. The molecule has 168 valence electrons. The molecule has 1 atom stereocenters. The second-order valence-corrected chi connectivity index (χ2v) is 7.89. The number of carbonyl (C=O) groups excluding carboxylic acids is 1. The normalized spacial score (nSPS) is 14.9. The molecule has 0 bridgehead atoms. The second kappa shape index (κ2) is 8.29. The summed E-state index contributed by atoms with van der Waals surface area (Å²) in [6.45, 7) is 3.60. The molecule has 0 unspecified atom stereocenters. The van der Waals surface area contributed by atoms with Crippen molar-refractivity contribution in [1.82, 2.24) is 29.6 Å². The molecule has 1 aliphatic rings. The van der Waals surface area contributed by atoms with Crippen LogP contribution in [-0.4, -0.2) is 42.1 Å². The third-order valence-electron chi connectivity index (χ3n) is 5.28. The predicted octanol–water partition coefficient (Wildman–Crippen LogP) is 4.14. The van der Waals surface area contributed by atoms with Gasteiger partial charge in [-0.1, -0.05) is 0 Å². The van der Waals surface area contributed by atoms with Crippen molar-refractivity contribution < 1.29 is 22.4 Å². The summed E-state index contributed by atoms with van der Waals surface area (Å²) >= 11 is 0. The van der Waals surface area contributed by atoms with Crippen molar-refractivity contribution >= 4 is 5.91 Å². The summed E-state index contributed by atoms with van der Waals surface area (Å²) in [6, 6.07) is 2.68. The Balaban J connectivity index is 1.70. The van der Waals surface area contributed by atoms with Crippen molar-refractivity contribution in [1.29, 1.82) is 0 Å². The van der Waals surface area contributed by atoms with E-state index in [4.69, 9.17) is 0 Å². The molecule has 7 nitrogen and oxygen atoms in total. The summed E-state index contributed by atoms with van der Waals surface area (Å²) in [4.78, 5) is 26.9. The highest BCUT2D eigenvalue weighted by Crippen LogP contribution is 2.35. The quantitative estimate of drug-likeness (QED) is 0.530. The van der Waals surface area contributed by atoms with Gasteiger partial charge in [-0.25, -0.2) is 19.3 Å². The number of amides is 1. The lowest BCUT2D eigenvalue weighted by Crippen LogP contribution is -2.37. The molecular formula is C21H20F4N6O. The molecule has 32 heavy (non-hydrogen) atoms. The lowest BCUT2D eigenvalue weighted by molar-refractivity contribution is -0.137. The van der Waals surface area contributed by atoms with Gasteiger partial charge in [-0.3, -0.25) is 4.79 Å². The molecule has 0 N–H and O–H groups in total. The van der Waals surface area contributed by atoms with Gasteiger partial charge in [0.05, 0.1) is 24.0 Å². The topological polar surface area (TPSA) is 76.8 Å². The average molecular weight is 448 g/mol. The molecule has 2 aromatic heterocycles. The molecule has 0 radical (unpaired) electrons. The van der Waals surface area contributed by atoms with E-state index in [9.17, 15) is 22.4 Å². The van der Waals surface area contributed by atoms with Crippen molar-refractivity contribution in [3.63, 3.8) is 0 Å². The van der Waals surface area contributed by atoms with Gasteiger partial charge < -0.3 is 4.90 Å². The summed E-state index contributed by atoms with van der Waals surface area (Å²) in [5, 5.41) is 4.08. The molecule has 1 aromatic carbocycles. The number of rotatable bonds is 6. The molecule has 4 rings (SSSR count). The minimum Gasteiger partial charge on any atom is -0.328 e. The van der Waals surface area contributed by atoms with Crippen molar-refractivity contribution in [2.75, 3.05) is 6.54 Å². The molecule has 11 heteroatoms. The summed E-state index contributed by atoms with van der Waals surface area (Å²) in [6.07, 6.45) is 0.534. The van der Waals surface area contributed by atoms with Gasteiger partial charge in [0.15, 0.2) is 11.6 Å². The number of hydrogen-bond acceptors (Lipinski definition) is 5. The Bertz CT molecular complexity index is 1120. The van der Waals surface area contributed by atoms with Gasteiger partial charge in [-0.05, 0) is 56.4 Å². The first-order chi connectivity index (χ1) is 15.1. The van der Waals surface area contributed by atoms with Crippen LogP contribution in [0.3, 0.4) is 0 Å². The molecule has 0 aliphatic heterocycles. The van der Waals surface area contributed by atoms with Gasteiger partial charge in [0, 0.05) is 12.1 Å². The number of hydrogen-bond donors (Lipinski definition) is 0. The van der Waals surface area contributed by atoms with E-state index in [0.717, 1.165) is 37.4 Å². The van der Waals surface area contributed by atoms with Crippen LogP contribution in [0.25, 0.3) is 5.95 Å². The van der Waals surface area contributed by atoms with E-state index in [1.807, 2.05) is 0 Å². The average Bonchev–Trinajstić information content (AvgIpc) is 3.43. The fraction of sp³-hybridized carbons (Fsp3) is 0.381. The van der Waals surface area contributed by atoms with Gasteiger partial charge in [-0.2, -0.15) is 23.0 Å². The summed E-state index contributed by atoms with van der Waals surface area (Å²) < 4.78 is 54.4. The van der Waals surface area contributed by atoms with Gasteiger partial charge in [-0.15, -0.1) is 0 Å². The Morgan fingerprint density at radius 3 is 2.50 bits per heavy atom. The maximum atomic E-state index is 13.4. The van der Waals surface area contributed by atoms with E-state index in [0.29, 0.717) is 17.9 Å². The van der Waals surface area contributed by atoms with Crippen LogP contribution in [0, 0.1) is 18.7 Å². The zero-order valence-corrected chi connectivity index (χ0v) is 17.3. The molecule has 1 amide bonds. The highest BCUT2D eigenvalue weighted by molar-refractivity contribution is 5.95. The Morgan fingerprint density at radius 2 is 1.88 bits per heavy atom. The van der Waals surface area contributed by atoms with Gasteiger partial charge in [0.2, 0.25) is 0 Å². The largest absolute Gasteiger partial charge is 0.416 e. The van der Waals surface area contributed by atoms with E-state index in [-0.39, 0.29) is 17.4 Å². The van der Waals surface area contributed by atoms with Crippen molar-refractivity contribution in [3.05, 3.63) is 65.3 Å². The number of nitrogens with zero attached hydrogens (tertiary/aromatic N) is 6. The maximum absolute atomic E-state index is 13.4. The number of benzene rings is 1. The van der Waals surface area contributed by atoms with Gasteiger partial charge >= 0.3 is 6.18 Å². The van der Waals surface area contributed by atoms with Crippen molar-refractivity contribution in [3.8, 4) is 5.95 Å². The van der Waals surface area contributed by atoms with Crippen molar-refractivity contribution in [2.45, 2.75) is 38.9 Å².